The fourth-order valence-corrected chi connectivity index (χ4v) is 3.07. The van der Waals surface area contributed by atoms with Gasteiger partial charge in [-0.15, -0.1) is 11.8 Å². The van der Waals surface area contributed by atoms with Crippen molar-refractivity contribution in [2.24, 2.45) is 0 Å². The lowest BCUT2D eigenvalue weighted by Crippen LogP contribution is -2.25. The molecule has 23 heavy (non-hydrogen) atoms. The number of benzene rings is 2. The zero-order chi connectivity index (χ0) is 16.1. The van der Waals surface area contributed by atoms with Crippen LogP contribution in [0.15, 0.2) is 53.4 Å². The highest BCUT2D eigenvalue weighted by Gasteiger charge is 2.12. The zero-order valence-electron chi connectivity index (χ0n) is 12.4. The van der Waals surface area contributed by atoms with Crippen LogP contribution >= 0.6 is 11.8 Å². The number of nitrogens with zero attached hydrogens (tertiary/aromatic N) is 1. The summed E-state index contributed by atoms with van der Waals surface area (Å²) in [7, 11) is 0. The summed E-state index contributed by atoms with van der Waals surface area (Å²) in [4.78, 5) is 13.2. The predicted octanol–water partition coefficient (Wildman–Crippen LogP) is 3.61. The molecule has 0 saturated heterocycles. The van der Waals surface area contributed by atoms with Crippen molar-refractivity contribution in [3.05, 3.63) is 60.0 Å². The maximum Gasteiger partial charge on any atom is 0.272 e. The SMILES string of the molecule is O=C(NCCCSc1ccc(F)cc1)c1n[nH]c2ccccc12. The summed E-state index contributed by atoms with van der Waals surface area (Å²) in [5.41, 5.74) is 1.27. The van der Waals surface area contributed by atoms with E-state index in [1.807, 2.05) is 24.3 Å². The van der Waals surface area contributed by atoms with Crippen molar-refractivity contribution >= 4 is 28.6 Å². The normalized spacial score (nSPS) is 10.8. The lowest BCUT2D eigenvalue weighted by molar-refractivity contribution is 0.0950. The summed E-state index contributed by atoms with van der Waals surface area (Å²) in [5.74, 6) is 0.454. The molecule has 0 bridgehead atoms. The summed E-state index contributed by atoms with van der Waals surface area (Å²) < 4.78 is 12.8. The average Bonchev–Trinajstić information content (AvgIpc) is 3.00. The van der Waals surface area contributed by atoms with Gasteiger partial charge in [-0.25, -0.2) is 4.39 Å². The van der Waals surface area contributed by atoms with Crippen molar-refractivity contribution in [1.82, 2.24) is 15.5 Å². The number of rotatable bonds is 6. The molecule has 0 fully saturated rings. The molecule has 0 atom stereocenters. The average molecular weight is 329 g/mol. The second-order valence-corrected chi connectivity index (χ2v) is 6.20. The second kappa shape index (κ2) is 7.28. The molecule has 2 N–H and O–H groups in total. The van der Waals surface area contributed by atoms with E-state index in [4.69, 9.17) is 0 Å². The molecular weight excluding hydrogens is 313 g/mol. The molecule has 6 heteroatoms. The van der Waals surface area contributed by atoms with Gasteiger partial charge in [-0.1, -0.05) is 18.2 Å². The number of aromatic amines is 1. The van der Waals surface area contributed by atoms with Gasteiger partial charge in [0.25, 0.3) is 5.91 Å². The first kappa shape index (κ1) is 15.6. The number of thioether (sulfide) groups is 1. The van der Waals surface area contributed by atoms with E-state index in [9.17, 15) is 9.18 Å². The Morgan fingerprint density at radius 2 is 1.96 bits per heavy atom. The molecule has 4 nitrogen and oxygen atoms in total. The van der Waals surface area contributed by atoms with Crippen LogP contribution in [0.2, 0.25) is 0 Å². The smallest absolute Gasteiger partial charge is 0.272 e. The van der Waals surface area contributed by atoms with Gasteiger partial charge in [-0.05, 0) is 42.5 Å². The van der Waals surface area contributed by atoms with Crippen molar-refractivity contribution in [2.45, 2.75) is 11.3 Å². The lowest BCUT2D eigenvalue weighted by atomic mass is 10.2. The van der Waals surface area contributed by atoms with Crippen LogP contribution in [0.25, 0.3) is 10.9 Å². The van der Waals surface area contributed by atoms with E-state index < -0.39 is 0 Å². The number of para-hydroxylation sites is 1. The Bertz CT molecular complexity index is 801. The fraction of sp³-hybridized carbons (Fsp3) is 0.176. The zero-order valence-corrected chi connectivity index (χ0v) is 13.2. The molecule has 0 aliphatic heterocycles. The van der Waals surface area contributed by atoms with E-state index in [0.29, 0.717) is 12.2 Å². The Kier molecular flexibility index (Phi) is 4.92. The quantitative estimate of drug-likeness (QED) is 0.536. The van der Waals surface area contributed by atoms with Crippen LogP contribution in [-0.2, 0) is 0 Å². The largest absolute Gasteiger partial charge is 0.351 e. The molecule has 0 radical (unpaired) electrons. The minimum atomic E-state index is -0.229. The molecule has 1 amide bonds. The van der Waals surface area contributed by atoms with Gasteiger partial charge in [0.15, 0.2) is 5.69 Å². The number of halogens is 1. The second-order valence-electron chi connectivity index (χ2n) is 5.03. The van der Waals surface area contributed by atoms with Crippen molar-refractivity contribution in [3.63, 3.8) is 0 Å². The molecule has 2 aromatic carbocycles. The molecule has 118 valence electrons. The number of carbonyl (C=O) groups is 1. The number of H-pyrrole nitrogens is 1. The lowest BCUT2D eigenvalue weighted by Gasteiger charge is -2.04. The number of aromatic nitrogens is 2. The molecule has 0 aliphatic carbocycles. The third kappa shape index (κ3) is 3.90. The number of fused-ring (bicyclic) bond motifs is 1. The third-order valence-electron chi connectivity index (χ3n) is 3.37. The van der Waals surface area contributed by atoms with Crippen molar-refractivity contribution in [1.29, 1.82) is 0 Å². The summed E-state index contributed by atoms with van der Waals surface area (Å²) in [6, 6.07) is 14.0. The van der Waals surface area contributed by atoms with Crippen molar-refractivity contribution in [3.8, 4) is 0 Å². The van der Waals surface area contributed by atoms with Gasteiger partial charge in [-0.3, -0.25) is 9.89 Å². The summed E-state index contributed by atoms with van der Waals surface area (Å²) in [6.45, 7) is 0.578. The van der Waals surface area contributed by atoms with Crippen LogP contribution in [-0.4, -0.2) is 28.4 Å². The van der Waals surface area contributed by atoms with E-state index in [-0.39, 0.29) is 11.7 Å². The van der Waals surface area contributed by atoms with E-state index in [1.165, 1.54) is 12.1 Å². The van der Waals surface area contributed by atoms with Gasteiger partial charge in [0, 0.05) is 16.8 Å². The topological polar surface area (TPSA) is 57.8 Å². The van der Waals surface area contributed by atoms with Crippen LogP contribution in [0.4, 0.5) is 4.39 Å². The number of hydrogen-bond donors (Lipinski definition) is 2. The Labute approximate surface area is 137 Å². The van der Waals surface area contributed by atoms with Crippen LogP contribution in [0.3, 0.4) is 0 Å². The van der Waals surface area contributed by atoms with Crippen LogP contribution in [0.5, 0.6) is 0 Å². The number of amides is 1. The van der Waals surface area contributed by atoms with Crippen LogP contribution in [0, 0.1) is 5.82 Å². The van der Waals surface area contributed by atoms with E-state index in [1.54, 1.807) is 23.9 Å². The molecule has 0 unspecified atom stereocenters. The highest BCUT2D eigenvalue weighted by molar-refractivity contribution is 7.99. The van der Waals surface area contributed by atoms with Gasteiger partial charge in [-0.2, -0.15) is 5.10 Å². The van der Waals surface area contributed by atoms with Crippen LogP contribution < -0.4 is 5.32 Å². The molecule has 1 aromatic heterocycles. The van der Waals surface area contributed by atoms with Gasteiger partial charge in [0.2, 0.25) is 0 Å². The first-order valence-corrected chi connectivity index (χ1v) is 8.32. The highest BCUT2D eigenvalue weighted by atomic mass is 32.2. The fourth-order valence-electron chi connectivity index (χ4n) is 2.22. The van der Waals surface area contributed by atoms with Gasteiger partial charge >= 0.3 is 0 Å². The first-order chi connectivity index (χ1) is 11.2. The molecule has 1 heterocycles. The summed E-state index contributed by atoms with van der Waals surface area (Å²) >= 11 is 1.64. The Morgan fingerprint density at radius 1 is 1.17 bits per heavy atom. The molecule has 0 saturated carbocycles. The summed E-state index contributed by atoms with van der Waals surface area (Å²) in [5, 5.41) is 10.6. The van der Waals surface area contributed by atoms with Gasteiger partial charge in [0.1, 0.15) is 5.82 Å². The van der Waals surface area contributed by atoms with E-state index in [0.717, 1.165) is 28.0 Å². The van der Waals surface area contributed by atoms with Gasteiger partial charge in [0.05, 0.1) is 5.52 Å². The third-order valence-corrected chi connectivity index (χ3v) is 4.47. The molecule has 0 aliphatic rings. The molecular formula is C17H16FN3OS. The number of hydrogen-bond acceptors (Lipinski definition) is 3. The monoisotopic (exact) mass is 329 g/mol. The minimum Gasteiger partial charge on any atom is -0.351 e. The number of nitrogens with one attached hydrogen (secondary N) is 2. The van der Waals surface area contributed by atoms with Crippen molar-refractivity contribution < 1.29 is 9.18 Å². The standard InChI is InChI=1S/C17H16FN3OS/c18-12-6-8-13(9-7-12)23-11-3-10-19-17(22)16-14-4-1-2-5-15(14)20-21-16/h1-2,4-9H,3,10-11H2,(H,19,22)(H,20,21). The predicted molar refractivity (Wildman–Crippen MR) is 90.2 cm³/mol. The van der Waals surface area contributed by atoms with E-state index in [2.05, 4.69) is 15.5 Å². The molecule has 3 rings (SSSR count). The Balaban J connectivity index is 1.45. The van der Waals surface area contributed by atoms with Crippen molar-refractivity contribution in [2.75, 3.05) is 12.3 Å². The molecule has 0 spiro atoms. The van der Waals surface area contributed by atoms with Gasteiger partial charge < -0.3 is 5.32 Å². The van der Waals surface area contributed by atoms with E-state index >= 15 is 0 Å². The maximum absolute atomic E-state index is 12.8. The Hall–Kier alpha value is -2.34. The Morgan fingerprint density at radius 3 is 2.78 bits per heavy atom. The summed E-state index contributed by atoms with van der Waals surface area (Å²) in [6.07, 6.45) is 0.830. The highest BCUT2D eigenvalue weighted by Crippen LogP contribution is 2.18. The first-order valence-electron chi connectivity index (χ1n) is 7.34. The maximum atomic E-state index is 12.8. The van der Waals surface area contributed by atoms with Crippen LogP contribution in [0.1, 0.15) is 16.9 Å². The minimum absolute atomic E-state index is 0.172. The molecule has 3 aromatic rings. The number of carbonyl (C=O) groups excluding carboxylic acids is 1.